The van der Waals surface area contributed by atoms with Crippen molar-refractivity contribution in [3.63, 3.8) is 0 Å². The molecule has 1 saturated carbocycles. The quantitative estimate of drug-likeness (QED) is 0.569. The summed E-state index contributed by atoms with van der Waals surface area (Å²) in [7, 11) is -1.59. The first kappa shape index (κ1) is 17.1. The van der Waals surface area contributed by atoms with Crippen LogP contribution in [-0.2, 0) is 10.8 Å². The molecule has 0 aliphatic heterocycles. The summed E-state index contributed by atoms with van der Waals surface area (Å²) in [5.41, 5.74) is 2.87. The normalized spacial score (nSPS) is 17.5. The molecule has 10 heteroatoms. The second-order valence-corrected chi connectivity index (χ2v) is 8.35. The summed E-state index contributed by atoms with van der Waals surface area (Å²) < 4.78 is 40.4. The second-order valence-electron chi connectivity index (χ2n) is 6.67. The van der Waals surface area contributed by atoms with E-state index in [9.17, 15) is 13.0 Å². The van der Waals surface area contributed by atoms with E-state index in [0.717, 1.165) is 11.3 Å². The van der Waals surface area contributed by atoms with Gasteiger partial charge < -0.3 is 0 Å². The highest BCUT2D eigenvalue weighted by Crippen LogP contribution is 2.41. The van der Waals surface area contributed by atoms with Gasteiger partial charge in [0, 0.05) is 30.3 Å². The average Bonchev–Trinajstić information content (AvgIpc) is 3.35. The average molecular weight is 400 g/mol. The van der Waals surface area contributed by atoms with E-state index in [-0.39, 0.29) is 17.9 Å². The van der Waals surface area contributed by atoms with Crippen LogP contribution < -0.4 is 0 Å². The minimum atomic E-state index is -2.71. The summed E-state index contributed by atoms with van der Waals surface area (Å²) in [6.45, 7) is 0. The highest BCUT2D eigenvalue weighted by Gasteiger charge is 2.48. The lowest BCUT2D eigenvalue weighted by Gasteiger charge is -2.33. The second kappa shape index (κ2) is 6.26. The van der Waals surface area contributed by atoms with Crippen LogP contribution in [0.4, 0.5) is 8.78 Å². The van der Waals surface area contributed by atoms with Crippen LogP contribution in [0.5, 0.6) is 0 Å². The molecule has 142 valence electrons. The number of aromatic amines is 1. The van der Waals surface area contributed by atoms with Crippen molar-refractivity contribution in [3.05, 3.63) is 49.1 Å². The Morgan fingerprint density at radius 3 is 2.82 bits per heavy atom. The van der Waals surface area contributed by atoms with E-state index in [2.05, 4.69) is 25.1 Å². The maximum absolute atomic E-state index is 13.1. The smallest absolute Gasteiger partial charge is 0.250 e. The molecule has 4 aromatic rings. The minimum Gasteiger partial charge on any atom is -0.300 e. The Hall–Kier alpha value is -3.01. The van der Waals surface area contributed by atoms with Crippen molar-refractivity contribution >= 4 is 22.0 Å². The summed E-state index contributed by atoms with van der Waals surface area (Å²) in [6.07, 6.45) is 3.93. The lowest BCUT2D eigenvalue weighted by molar-refractivity contribution is -0.0677. The maximum atomic E-state index is 13.1. The van der Waals surface area contributed by atoms with Crippen molar-refractivity contribution in [2.75, 3.05) is 0 Å². The molecule has 0 bridgehead atoms. The first-order valence-corrected chi connectivity index (χ1v) is 9.80. The van der Waals surface area contributed by atoms with Crippen LogP contribution in [0.3, 0.4) is 0 Å². The summed E-state index contributed by atoms with van der Waals surface area (Å²) in [5.74, 6) is -2.06. The Balaban J connectivity index is 1.48. The number of halogens is 2. The van der Waals surface area contributed by atoms with Crippen molar-refractivity contribution in [2.45, 2.75) is 29.0 Å². The molecule has 7 nitrogen and oxygen atoms in total. The highest BCUT2D eigenvalue weighted by atomic mass is 32.2. The fourth-order valence-electron chi connectivity index (χ4n) is 3.27. The van der Waals surface area contributed by atoms with Crippen LogP contribution in [0.1, 0.15) is 12.8 Å². The predicted octanol–water partition coefficient (Wildman–Crippen LogP) is 3.11. The lowest BCUT2D eigenvalue weighted by atomic mass is 9.94. The summed E-state index contributed by atoms with van der Waals surface area (Å²) in [4.78, 5) is 12.9. The number of nitrogens with zero attached hydrogens (tertiary/aromatic N) is 5. The zero-order valence-electron chi connectivity index (χ0n) is 14.4. The SMILES string of the molecule is O=[S@](c1cnc2c(ccn2-c2cccc(-c3ncn[nH]3)c2)n1)C1CC(F)(F)C1. The largest absolute Gasteiger partial charge is 0.300 e. The number of aromatic nitrogens is 6. The van der Waals surface area contributed by atoms with E-state index in [1.54, 1.807) is 6.07 Å². The summed E-state index contributed by atoms with van der Waals surface area (Å²) >= 11 is 0. The van der Waals surface area contributed by atoms with Gasteiger partial charge in [0.15, 0.2) is 11.5 Å². The fourth-order valence-corrected chi connectivity index (χ4v) is 4.75. The van der Waals surface area contributed by atoms with Crippen LogP contribution in [0.15, 0.2) is 54.1 Å². The van der Waals surface area contributed by atoms with Gasteiger partial charge in [0.05, 0.1) is 22.2 Å². The summed E-state index contributed by atoms with van der Waals surface area (Å²) in [5, 5.41) is 6.36. The molecule has 1 aromatic carbocycles. The maximum Gasteiger partial charge on any atom is 0.250 e. The molecule has 5 rings (SSSR count). The van der Waals surface area contributed by atoms with Crippen molar-refractivity contribution in [3.8, 4) is 17.1 Å². The number of benzene rings is 1. The number of rotatable bonds is 4. The molecular formula is C18H14F2N6OS. The van der Waals surface area contributed by atoms with Crippen LogP contribution in [-0.4, -0.2) is 45.1 Å². The monoisotopic (exact) mass is 400 g/mol. The molecule has 1 N–H and O–H groups in total. The zero-order chi connectivity index (χ0) is 19.3. The van der Waals surface area contributed by atoms with E-state index in [1.807, 2.05) is 35.0 Å². The predicted molar refractivity (Wildman–Crippen MR) is 98.6 cm³/mol. The Bertz CT molecular complexity index is 1180. The van der Waals surface area contributed by atoms with Crippen molar-refractivity contribution in [1.82, 2.24) is 29.7 Å². The van der Waals surface area contributed by atoms with Crippen LogP contribution in [0.25, 0.3) is 28.2 Å². The third kappa shape index (κ3) is 2.89. The van der Waals surface area contributed by atoms with Gasteiger partial charge in [-0.2, -0.15) is 5.10 Å². The first-order valence-electron chi connectivity index (χ1n) is 8.59. The molecule has 28 heavy (non-hydrogen) atoms. The van der Waals surface area contributed by atoms with Gasteiger partial charge in [-0.05, 0) is 18.2 Å². The number of alkyl halides is 2. The van der Waals surface area contributed by atoms with Gasteiger partial charge in [-0.1, -0.05) is 12.1 Å². The van der Waals surface area contributed by atoms with Gasteiger partial charge >= 0.3 is 0 Å². The molecule has 1 aliphatic carbocycles. The standard InChI is InChI=1S/C18H14F2N6OS/c19-18(20)7-13(8-18)28(27)15-9-21-17-14(24-15)4-5-26(17)12-3-1-2-11(6-12)16-22-10-23-25-16/h1-6,9-10,13H,7-8H2,(H,22,23,25)/t28-/m0/s1. The highest BCUT2D eigenvalue weighted by molar-refractivity contribution is 7.85. The third-order valence-electron chi connectivity index (χ3n) is 4.74. The zero-order valence-corrected chi connectivity index (χ0v) is 15.2. The van der Waals surface area contributed by atoms with Gasteiger partial charge in [-0.3, -0.25) is 13.9 Å². The number of hydrogen-bond donors (Lipinski definition) is 1. The van der Waals surface area contributed by atoms with Crippen LogP contribution >= 0.6 is 0 Å². The van der Waals surface area contributed by atoms with Gasteiger partial charge in [0.2, 0.25) is 0 Å². The molecule has 0 unspecified atom stereocenters. The molecule has 1 aliphatic rings. The Morgan fingerprint density at radius 1 is 1.21 bits per heavy atom. The Kier molecular flexibility index (Phi) is 3.83. The van der Waals surface area contributed by atoms with E-state index in [4.69, 9.17) is 0 Å². The Labute approximate surface area is 160 Å². The molecule has 1 atom stereocenters. The van der Waals surface area contributed by atoms with Gasteiger partial charge in [-0.25, -0.2) is 23.7 Å². The number of hydrogen-bond acceptors (Lipinski definition) is 5. The van der Waals surface area contributed by atoms with Crippen LogP contribution in [0, 0.1) is 0 Å². The van der Waals surface area contributed by atoms with Gasteiger partial charge in [-0.15, -0.1) is 0 Å². The van der Waals surface area contributed by atoms with Crippen LogP contribution in [0.2, 0.25) is 0 Å². The number of nitrogens with one attached hydrogen (secondary N) is 1. The van der Waals surface area contributed by atoms with E-state index in [1.165, 1.54) is 12.5 Å². The molecular weight excluding hydrogens is 386 g/mol. The van der Waals surface area contributed by atoms with E-state index in [0.29, 0.717) is 17.0 Å². The van der Waals surface area contributed by atoms with Crippen molar-refractivity contribution in [1.29, 1.82) is 0 Å². The molecule has 0 saturated heterocycles. The van der Waals surface area contributed by atoms with Gasteiger partial charge in [0.1, 0.15) is 16.9 Å². The molecule has 0 radical (unpaired) electrons. The molecule has 0 amide bonds. The summed E-state index contributed by atoms with van der Waals surface area (Å²) in [6, 6.07) is 9.43. The van der Waals surface area contributed by atoms with Crippen molar-refractivity contribution < 1.29 is 13.0 Å². The van der Waals surface area contributed by atoms with Gasteiger partial charge in [0.25, 0.3) is 5.92 Å². The van der Waals surface area contributed by atoms with Crippen molar-refractivity contribution in [2.24, 2.45) is 0 Å². The topological polar surface area (TPSA) is 89.4 Å². The number of H-pyrrole nitrogens is 1. The Morgan fingerprint density at radius 2 is 2.07 bits per heavy atom. The van der Waals surface area contributed by atoms with E-state index < -0.39 is 22.0 Å². The molecule has 3 heterocycles. The third-order valence-corrected chi connectivity index (χ3v) is 6.29. The number of fused-ring (bicyclic) bond motifs is 1. The molecule has 1 fully saturated rings. The van der Waals surface area contributed by atoms with E-state index >= 15 is 0 Å². The first-order chi connectivity index (χ1) is 13.5. The molecule has 0 spiro atoms. The lowest BCUT2D eigenvalue weighted by Crippen LogP contribution is -2.42. The minimum absolute atomic E-state index is 0.237. The molecule has 3 aromatic heterocycles. The fraction of sp³-hybridized carbons (Fsp3) is 0.222.